The minimum absolute atomic E-state index is 0.0353. The lowest BCUT2D eigenvalue weighted by Crippen LogP contribution is -2.70. The fraction of sp³-hybridized carbons (Fsp3) is 0.535. The van der Waals surface area contributed by atoms with E-state index in [-0.39, 0.29) is 48.2 Å². The van der Waals surface area contributed by atoms with Gasteiger partial charge in [-0.2, -0.15) is 5.26 Å². The van der Waals surface area contributed by atoms with Crippen molar-refractivity contribution in [2.24, 2.45) is 11.3 Å². The van der Waals surface area contributed by atoms with Crippen LogP contribution < -0.4 is 19.7 Å². The quantitative estimate of drug-likeness (QED) is 0.166. The van der Waals surface area contributed by atoms with E-state index in [1.54, 1.807) is 7.11 Å². The number of pyridine rings is 1. The molecule has 3 aromatic carbocycles. The first kappa shape index (κ1) is 35.1. The predicted octanol–water partition coefficient (Wildman–Crippen LogP) is 8.02. The zero-order valence-corrected chi connectivity index (χ0v) is 31.5. The Morgan fingerprint density at radius 1 is 1.13 bits per heavy atom. The summed E-state index contributed by atoms with van der Waals surface area (Å²) in [5, 5.41) is 16.4. The van der Waals surface area contributed by atoms with Gasteiger partial charge in [0.1, 0.15) is 17.4 Å². The van der Waals surface area contributed by atoms with Gasteiger partial charge in [-0.15, -0.1) is 0 Å². The minimum atomic E-state index is -0.386. The maximum Gasteiger partial charge on any atom is 0.219 e. The highest BCUT2D eigenvalue weighted by Gasteiger charge is 2.66. The van der Waals surface area contributed by atoms with Crippen LogP contribution in [-0.2, 0) is 17.6 Å². The Hall–Kier alpha value is -3.97. The molecule has 8 nitrogen and oxygen atoms in total. The van der Waals surface area contributed by atoms with Crippen molar-refractivity contribution in [3.63, 3.8) is 0 Å². The monoisotopic (exact) mass is 705 g/mol. The third kappa shape index (κ3) is 5.61. The second-order valence-electron chi connectivity index (χ2n) is 16.6. The third-order valence-electron chi connectivity index (χ3n) is 12.7. The topological polar surface area (TPSA) is 82.9 Å². The lowest BCUT2D eigenvalue weighted by atomic mass is 9.56. The van der Waals surface area contributed by atoms with Gasteiger partial charge in [-0.05, 0) is 110 Å². The molecular weight excluding hydrogens is 654 g/mol. The van der Waals surface area contributed by atoms with Gasteiger partial charge >= 0.3 is 0 Å². The van der Waals surface area contributed by atoms with Gasteiger partial charge in [-0.3, -0.25) is 4.90 Å². The number of methoxy groups -OCH3 is 1. The van der Waals surface area contributed by atoms with Gasteiger partial charge in [-0.1, -0.05) is 45.0 Å². The van der Waals surface area contributed by atoms with Crippen LogP contribution in [0.3, 0.4) is 0 Å². The largest absolute Gasteiger partial charge is 0.473 e. The number of rotatable bonds is 10. The number of aryl methyl sites for hydroxylation is 1. The summed E-state index contributed by atoms with van der Waals surface area (Å²) >= 11 is 0. The smallest absolute Gasteiger partial charge is 0.219 e. The molecule has 0 spiro atoms. The molecule has 3 unspecified atom stereocenters. The number of anilines is 1. The van der Waals surface area contributed by atoms with E-state index >= 15 is 4.39 Å². The number of aromatic nitrogens is 1. The summed E-state index contributed by atoms with van der Waals surface area (Å²) in [6, 6.07) is 16.9. The number of likely N-dealkylation sites (tertiary alicyclic amines) is 1. The molecule has 0 amide bonds. The Kier molecular flexibility index (Phi) is 9.08. The molecule has 0 radical (unpaired) electrons. The average molecular weight is 706 g/mol. The van der Waals surface area contributed by atoms with Crippen LogP contribution in [0.25, 0.3) is 32.8 Å². The maximum atomic E-state index is 18.0. The number of likely N-dealkylation sites (N-methyl/N-ethyl adjacent to an activating group) is 1. The fourth-order valence-electron chi connectivity index (χ4n) is 10.1. The number of nitrogens with zero attached hydrogens (tertiary/aromatic N) is 4. The lowest BCUT2D eigenvalue weighted by molar-refractivity contribution is 0.0471. The molecule has 1 N–H and O–H groups in total. The summed E-state index contributed by atoms with van der Waals surface area (Å²) in [6.45, 7) is 12.2. The van der Waals surface area contributed by atoms with E-state index in [9.17, 15) is 5.26 Å². The first-order valence-corrected chi connectivity index (χ1v) is 19.1. The van der Waals surface area contributed by atoms with Crippen molar-refractivity contribution >= 4 is 27.4 Å². The Bertz CT molecular complexity index is 2050. The van der Waals surface area contributed by atoms with Crippen molar-refractivity contribution < 1.29 is 18.6 Å². The Balaban J connectivity index is 1.38. The van der Waals surface area contributed by atoms with Crippen molar-refractivity contribution in [1.82, 2.24) is 15.2 Å². The SMILES string of the molecule is COCOc1cc(-c2c(CCC#N)cc3c4c(c(O[C@@H](C)[C@@H]5CCCN5C)nc3c2F)CCCN4C2C3CNC2(C(C)(C)C)C3)c2ccccc2c1. The standard InChI is InChI=1S/C43H52FN5O3/c1-26(35-16-11-18-48(35)5)52-41-32-15-10-19-49(40-29-23-43(40,46-24-29)42(2,3)4)39(32)34-21-28(13-9-17-45)36(37(44)38(34)47-41)33-22-30(51-25-50-6)20-27-12-7-8-14-31(27)33/h7-8,12,14,20-22,26,29,35,40,46H,9-11,13,15-16,18-19,23-25H2,1-6H3/t26-,29?,35-,40?,43?/m0/s1. The number of fused-ring (bicyclic) bond motifs is 5. The minimum Gasteiger partial charge on any atom is -0.473 e. The normalized spacial score (nSPS) is 24.9. The van der Waals surface area contributed by atoms with Gasteiger partial charge in [-0.25, -0.2) is 9.37 Å². The van der Waals surface area contributed by atoms with Crippen LogP contribution in [-0.4, -0.2) is 74.2 Å². The van der Waals surface area contributed by atoms with E-state index in [2.05, 4.69) is 62.0 Å². The van der Waals surface area contributed by atoms with Crippen molar-refractivity contribution in [1.29, 1.82) is 5.26 Å². The Morgan fingerprint density at radius 2 is 1.96 bits per heavy atom. The Morgan fingerprint density at radius 3 is 2.69 bits per heavy atom. The number of nitriles is 1. The van der Waals surface area contributed by atoms with Crippen LogP contribution in [0.15, 0.2) is 42.5 Å². The zero-order chi connectivity index (χ0) is 36.4. The molecule has 4 aromatic rings. The predicted molar refractivity (Wildman–Crippen MR) is 205 cm³/mol. The van der Waals surface area contributed by atoms with Gasteiger partial charge in [0.05, 0.1) is 17.8 Å². The highest BCUT2D eigenvalue weighted by molar-refractivity contribution is 6.04. The van der Waals surface area contributed by atoms with E-state index in [0.717, 1.165) is 84.7 Å². The molecule has 5 heterocycles. The van der Waals surface area contributed by atoms with Crippen LogP contribution >= 0.6 is 0 Å². The summed E-state index contributed by atoms with van der Waals surface area (Å²) < 4.78 is 36.0. The summed E-state index contributed by atoms with van der Waals surface area (Å²) in [5.41, 5.74) is 4.44. The first-order valence-electron chi connectivity index (χ1n) is 19.1. The van der Waals surface area contributed by atoms with Crippen LogP contribution in [0.4, 0.5) is 10.1 Å². The molecule has 4 aliphatic heterocycles. The van der Waals surface area contributed by atoms with Crippen molar-refractivity contribution in [3.05, 3.63) is 59.4 Å². The molecule has 3 saturated heterocycles. The maximum absolute atomic E-state index is 18.0. The highest BCUT2D eigenvalue weighted by atomic mass is 19.1. The molecule has 5 aliphatic rings. The van der Waals surface area contributed by atoms with Crippen LogP contribution in [0.5, 0.6) is 11.6 Å². The fourth-order valence-corrected chi connectivity index (χ4v) is 10.1. The first-order chi connectivity index (χ1) is 25.1. The second-order valence-corrected chi connectivity index (χ2v) is 16.6. The van der Waals surface area contributed by atoms with Gasteiger partial charge < -0.3 is 24.4 Å². The number of hydrogen-bond donors (Lipinski definition) is 1. The summed E-state index contributed by atoms with van der Waals surface area (Å²) in [7, 11) is 3.75. The van der Waals surface area contributed by atoms with E-state index in [1.165, 1.54) is 0 Å². The summed E-state index contributed by atoms with van der Waals surface area (Å²) in [5.74, 6) is 1.28. The molecule has 1 saturated carbocycles. The number of hydrogen-bond acceptors (Lipinski definition) is 8. The van der Waals surface area contributed by atoms with E-state index in [1.807, 2.05) is 36.4 Å². The number of benzene rings is 3. The molecule has 4 fully saturated rings. The highest BCUT2D eigenvalue weighted by Crippen LogP contribution is 2.58. The third-order valence-corrected chi connectivity index (χ3v) is 12.7. The molecule has 9 rings (SSSR count). The van der Waals surface area contributed by atoms with E-state index < -0.39 is 0 Å². The molecule has 9 heteroatoms. The number of halogens is 1. The van der Waals surface area contributed by atoms with Crippen LogP contribution in [0.2, 0.25) is 0 Å². The van der Waals surface area contributed by atoms with Crippen molar-refractivity contribution in [2.75, 3.05) is 45.5 Å². The molecule has 52 heavy (non-hydrogen) atoms. The molecule has 1 aromatic heterocycles. The lowest BCUT2D eigenvalue weighted by Gasteiger charge is -2.59. The molecular formula is C43H52FN5O3. The number of nitrogens with one attached hydrogen (secondary N) is 1. The van der Waals surface area contributed by atoms with Gasteiger partial charge in [0.25, 0.3) is 0 Å². The van der Waals surface area contributed by atoms with Gasteiger partial charge in [0, 0.05) is 54.7 Å². The molecule has 274 valence electrons. The zero-order valence-electron chi connectivity index (χ0n) is 31.5. The molecule has 1 aliphatic carbocycles. The van der Waals surface area contributed by atoms with Gasteiger partial charge in [0.2, 0.25) is 5.88 Å². The van der Waals surface area contributed by atoms with Crippen molar-refractivity contribution in [2.45, 2.75) is 96.4 Å². The second kappa shape index (κ2) is 13.5. The summed E-state index contributed by atoms with van der Waals surface area (Å²) in [4.78, 5) is 10.1. The molecule has 5 atom stereocenters. The van der Waals surface area contributed by atoms with Crippen molar-refractivity contribution in [3.8, 4) is 28.8 Å². The van der Waals surface area contributed by atoms with Gasteiger partial charge in [0.15, 0.2) is 12.6 Å². The molecule has 2 bridgehead atoms. The summed E-state index contributed by atoms with van der Waals surface area (Å²) in [6.07, 6.45) is 5.74. The average Bonchev–Trinajstić information content (AvgIpc) is 3.87. The van der Waals surface area contributed by atoms with E-state index in [0.29, 0.717) is 40.6 Å². The van der Waals surface area contributed by atoms with Crippen LogP contribution in [0, 0.1) is 28.5 Å². The van der Waals surface area contributed by atoms with E-state index in [4.69, 9.17) is 19.2 Å². The van der Waals surface area contributed by atoms with Crippen LogP contribution in [0.1, 0.15) is 70.9 Å². The number of ether oxygens (including phenoxy) is 3. The Labute approximate surface area is 307 Å².